The van der Waals surface area contributed by atoms with Gasteiger partial charge in [0, 0.05) is 24.3 Å². The molecule has 0 unspecified atom stereocenters. The number of morpholine rings is 1. The smallest absolute Gasteiger partial charge is 0.250 e. The third-order valence-electron chi connectivity index (χ3n) is 5.12. The van der Waals surface area contributed by atoms with Crippen molar-refractivity contribution in [3.8, 4) is 11.5 Å². The first-order valence-corrected chi connectivity index (χ1v) is 12.0. The Morgan fingerprint density at radius 2 is 1.76 bits per heavy atom. The zero-order valence-electron chi connectivity index (χ0n) is 18.5. The normalized spacial score (nSPS) is 13.9. The number of hydrazone groups is 1. The molecule has 1 saturated heterocycles. The number of phenolic OH excluding ortho intramolecular Hbond substituents is 2. The second kappa shape index (κ2) is 10.5. The standard InChI is InChI=1S/C22H23Br2N7O3/c1-12-3-4-13(2)16(9-12)26-20-27-21(29-22(28-20)31-5-7-34-8-6-31)30-25-11-14-10-15(23)19(33)17(24)18(14)32/h3-4,9-11,32-33H,5-8H2,1-2H3,(H2,26,27,28,29,30)/b25-11+. The first-order valence-electron chi connectivity index (χ1n) is 10.4. The molecular formula is C22H23Br2N7O3. The van der Waals surface area contributed by atoms with E-state index < -0.39 is 0 Å². The molecular weight excluding hydrogens is 570 g/mol. The molecule has 0 radical (unpaired) electrons. The highest BCUT2D eigenvalue weighted by atomic mass is 79.9. The van der Waals surface area contributed by atoms with Crippen LogP contribution >= 0.6 is 31.9 Å². The maximum atomic E-state index is 10.3. The fourth-order valence-corrected chi connectivity index (χ4v) is 4.39. The highest BCUT2D eigenvalue weighted by Crippen LogP contribution is 2.40. The van der Waals surface area contributed by atoms with Gasteiger partial charge in [0.15, 0.2) is 0 Å². The Morgan fingerprint density at radius 3 is 2.53 bits per heavy atom. The van der Waals surface area contributed by atoms with Gasteiger partial charge >= 0.3 is 0 Å². The van der Waals surface area contributed by atoms with Crippen LogP contribution in [0.4, 0.5) is 23.5 Å². The van der Waals surface area contributed by atoms with Crippen molar-refractivity contribution in [2.75, 3.05) is 41.9 Å². The van der Waals surface area contributed by atoms with E-state index in [4.69, 9.17) is 4.74 Å². The molecule has 2 aromatic carbocycles. The Labute approximate surface area is 213 Å². The molecule has 3 aromatic rings. The van der Waals surface area contributed by atoms with Gasteiger partial charge in [0.1, 0.15) is 16.0 Å². The summed E-state index contributed by atoms with van der Waals surface area (Å²) in [5.74, 6) is 0.866. The number of benzene rings is 2. The van der Waals surface area contributed by atoms with Crippen LogP contribution < -0.4 is 15.6 Å². The lowest BCUT2D eigenvalue weighted by atomic mass is 10.1. The van der Waals surface area contributed by atoms with E-state index in [2.05, 4.69) is 62.7 Å². The Balaban J connectivity index is 1.62. The summed E-state index contributed by atoms with van der Waals surface area (Å²) in [6, 6.07) is 7.65. The number of rotatable bonds is 6. The molecule has 4 rings (SSSR count). The first kappa shape index (κ1) is 24.2. The molecule has 2 heterocycles. The second-order valence-corrected chi connectivity index (χ2v) is 9.30. The van der Waals surface area contributed by atoms with Crippen LogP contribution in [-0.4, -0.2) is 57.7 Å². The van der Waals surface area contributed by atoms with Gasteiger partial charge in [-0.1, -0.05) is 12.1 Å². The van der Waals surface area contributed by atoms with Gasteiger partial charge in [-0.15, -0.1) is 0 Å². The van der Waals surface area contributed by atoms with E-state index in [1.807, 2.05) is 36.9 Å². The van der Waals surface area contributed by atoms with E-state index in [1.54, 1.807) is 6.07 Å². The van der Waals surface area contributed by atoms with Gasteiger partial charge in [-0.3, -0.25) is 0 Å². The molecule has 12 heteroatoms. The molecule has 1 fully saturated rings. The molecule has 1 aliphatic heterocycles. The SMILES string of the molecule is Cc1ccc(C)c(Nc2nc(N/N=C/c3cc(Br)c(O)c(Br)c3O)nc(N3CCOCC3)n2)c1. The molecule has 0 spiro atoms. The van der Waals surface area contributed by atoms with E-state index in [0.717, 1.165) is 16.8 Å². The lowest BCUT2D eigenvalue weighted by molar-refractivity contribution is 0.122. The van der Waals surface area contributed by atoms with Gasteiger partial charge in [0.2, 0.25) is 17.8 Å². The predicted octanol–water partition coefficient (Wildman–Crippen LogP) is 4.45. The summed E-state index contributed by atoms with van der Waals surface area (Å²) in [5, 5.41) is 27.6. The minimum Gasteiger partial charge on any atom is -0.506 e. The molecule has 10 nitrogen and oxygen atoms in total. The summed E-state index contributed by atoms with van der Waals surface area (Å²) >= 11 is 6.40. The summed E-state index contributed by atoms with van der Waals surface area (Å²) in [4.78, 5) is 15.6. The highest BCUT2D eigenvalue weighted by Gasteiger charge is 2.17. The number of aromatic nitrogens is 3. The number of hydrogen-bond acceptors (Lipinski definition) is 10. The maximum absolute atomic E-state index is 10.3. The number of hydrogen-bond donors (Lipinski definition) is 4. The van der Waals surface area contributed by atoms with Crippen LogP contribution in [0.5, 0.6) is 11.5 Å². The zero-order valence-corrected chi connectivity index (χ0v) is 21.7. The van der Waals surface area contributed by atoms with Gasteiger partial charge in [-0.25, -0.2) is 5.43 Å². The Bertz CT molecular complexity index is 1230. The third kappa shape index (κ3) is 5.57. The van der Waals surface area contributed by atoms with Crippen LogP contribution in [0, 0.1) is 13.8 Å². The molecule has 0 atom stereocenters. The van der Waals surface area contributed by atoms with Crippen LogP contribution in [0.2, 0.25) is 0 Å². The van der Waals surface area contributed by atoms with E-state index in [9.17, 15) is 10.2 Å². The van der Waals surface area contributed by atoms with Gasteiger partial charge < -0.3 is 25.2 Å². The van der Waals surface area contributed by atoms with Crippen LogP contribution in [0.3, 0.4) is 0 Å². The number of aryl methyl sites for hydroxylation is 2. The quantitative estimate of drug-likeness (QED) is 0.242. The fraction of sp³-hybridized carbons (Fsp3) is 0.273. The molecule has 0 aliphatic carbocycles. The van der Waals surface area contributed by atoms with Crippen molar-refractivity contribution in [2.45, 2.75) is 13.8 Å². The van der Waals surface area contributed by atoms with Crippen LogP contribution in [0.1, 0.15) is 16.7 Å². The Hall–Kier alpha value is -2.96. The van der Waals surface area contributed by atoms with Crippen molar-refractivity contribution in [3.63, 3.8) is 0 Å². The van der Waals surface area contributed by atoms with Gasteiger partial charge in [0.05, 0.1) is 23.9 Å². The molecule has 0 bridgehead atoms. The monoisotopic (exact) mass is 591 g/mol. The van der Waals surface area contributed by atoms with Crippen molar-refractivity contribution < 1.29 is 14.9 Å². The predicted molar refractivity (Wildman–Crippen MR) is 138 cm³/mol. The first-order chi connectivity index (χ1) is 16.3. The van der Waals surface area contributed by atoms with Crippen molar-refractivity contribution in [1.29, 1.82) is 0 Å². The van der Waals surface area contributed by atoms with Crippen LogP contribution in [0.15, 0.2) is 38.3 Å². The number of ether oxygens (including phenoxy) is 1. The second-order valence-electron chi connectivity index (χ2n) is 7.65. The average Bonchev–Trinajstić information content (AvgIpc) is 2.83. The number of anilines is 4. The lowest BCUT2D eigenvalue weighted by Gasteiger charge is -2.27. The van der Waals surface area contributed by atoms with Crippen LogP contribution in [-0.2, 0) is 4.74 Å². The lowest BCUT2D eigenvalue weighted by Crippen LogP contribution is -2.37. The molecule has 34 heavy (non-hydrogen) atoms. The fourth-order valence-electron chi connectivity index (χ4n) is 3.24. The average molecular weight is 593 g/mol. The number of nitrogens with one attached hydrogen (secondary N) is 2. The molecule has 1 aliphatic rings. The topological polar surface area (TPSA) is 128 Å². The largest absolute Gasteiger partial charge is 0.506 e. The Kier molecular flexibility index (Phi) is 7.49. The van der Waals surface area contributed by atoms with E-state index in [-0.39, 0.29) is 21.9 Å². The van der Waals surface area contributed by atoms with Crippen molar-refractivity contribution in [3.05, 3.63) is 49.9 Å². The summed E-state index contributed by atoms with van der Waals surface area (Å²) in [6.07, 6.45) is 1.40. The summed E-state index contributed by atoms with van der Waals surface area (Å²) < 4.78 is 6.02. The summed E-state index contributed by atoms with van der Waals surface area (Å²) in [7, 11) is 0. The van der Waals surface area contributed by atoms with Crippen LogP contribution in [0.25, 0.3) is 0 Å². The van der Waals surface area contributed by atoms with E-state index in [0.29, 0.717) is 48.2 Å². The van der Waals surface area contributed by atoms with Crippen molar-refractivity contribution in [1.82, 2.24) is 15.0 Å². The molecule has 178 valence electrons. The molecule has 0 saturated carbocycles. The summed E-state index contributed by atoms with van der Waals surface area (Å²) in [5.41, 5.74) is 6.26. The Morgan fingerprint density at radius 1 is 1.03 bits per heavy atom. The number of halogens is 2. The van der Waals surface area contributed by atoms with Gasteiger partial charge in [0.25, 0.3) is 0 Å². The van der Waals surface area contributed by atoms with Crippen molar-refractivity contribution >= 4 is 61.6 Å². The van der Waals surface area contributed by atoms with E-state index in [1.165, 1.54) is 6.21 Å². The van der Waals surface area contributed by atoms with E-state index >= 15 is 0 Å². The number of phenols is 2. The molecule has 0 amide bonds. The summed E-state index contributed by atoms with van der Waals surface area (Å²) in [6.45, 7) is 6.55. The van der Waals surface area contributed by atoms with Crippen molar-refractivity contribution in [2.24, 2.45) is 5.10 Å². The minimum atomic E-state index is -0.145. The van der Waals surface area contributed by atoms with Gasteiger partial charge in [-0.2, -0.15) is 20.1 Å². The minimum absolute atomic E-state index is 0.0996. The van der Waals surface area contributed by atoms with Gasteiger partial charge in [-0.05, 0) is 69.0 Å². The molecule has 4 N–H and O–H groups in total. The highest BCUT2D eigenvalue weighted by molar-refractivity contribution is 9.11. The third-order valence-corrected chi connectivity index (χ3v) is 6.48. The molecule has 1 aromatic heterocycles. The number of aromatic hydroxyl groups is 2. The maximum Gasteiger partial charge on any atom is 0.250 e. The number of nitrogens with zero attached hydrogens (tertiary/aromatic N) is 5. The zero-order chi connectivity index (χ0) is 24.2.